The number of hydrogen-bond donors (Lipinski definition) is 3. The summed E-state index contributed by atoms with van der Waals surface area (Å²) in [6.07, 6.45) is -1.06. The fourth-order valence-electron chi connectivity index (χ4n) is 4.12. The van der Waals surface area contributed by atoms with Crippen LogP contribution in [0.5, 0.6) is 0 Å². The first kappa shape index (κ1) is 25.4. The highest BCUT2D eigenvalue weighted by molar-refractivity contribution is 9.10. The Morgan fingerprint density at radius 3 is 2.59 bits per heavy atom. The maximum absolute atomic E-state index is 13.8. The van der Waals surface area contributed by atoms with Crippen molar-refractivity contribution in [3.05, 3.63) is 63.2 Å². The molecule has 5 atom stereocenters. The van der Waals surface area contributed by atoms with Gasteiger partial charge in [-0.1, -0.05) is 16.8 Å². The Hall–Kier alpha value is -1.74. The zero-order chi connectivity index (χ0) is 24.8. The lowest BCUT2D eigenvalue weighted by molar-refractivity contribution is -0.213. The molecule has 8 nitrogen and oxygen atoms in total. The van der Waals surface area contributed by atoms with Crippen molar-refractivity contribution in [2.45, 2.75) is 29.3 Å². The number of thiol groups is 1. The maximum Gasteiger partial charge on any atom is 0.194 e. The van der Waals surface area contributed by atoms with E-state index in [0.717, 1.165) is 12.1 Å². The van der Waals surface area contributed by atoms with Crippen LogP contribution in [0.3, 0.4) is 0 Å². The monoisotopic (exact) mass is 580 g/mol. The van der Waals surface area contributed by atoms with Crippen molar-refractivity contribution in [1.82, 2.24) is 20.0 Å². The van der Waals surface area contributed by atoms with Crippen molar-refractivity contribution in [2.24, 2.45) is 0 Å². The summed E-state index contributed by atoms with van der Waals surface area (Å²) in [6.45, 7) is -0.585. The van der Waals surface area contributed by atoms with E-state index in [1.807, 2.05) is 0 Å². The highest BCUT2D eigenvalue weighted by atomic mass is 79.9. The van der Waals surface area contributed by atoms with Crippen molar-refractivity contribution in [1.29, 1.82) is 0 Å². The molecule has 182 valence electrons. The Morgan fingerprint density at radius 1 is 1.29 bits per heavy atom. The highest BCUT2D eigenvalue weighted by Gasteiger charge is 2.60. The molecule has 3 heterocycles. The lowest BCUT2D eigenvalue weighted by Gasteiger charge is -2.51. The molecule has 0 amide bonds. The molecule has 0 saturated carbocycles. The quantitative estimate of drug-likeness (QED) is 0.242. The Labute approximate surface area is 210 Å². The molecule has 1 aliphatic rings. The molecule has 3 aromatic rings. The first-order valence-electron chi connectivity index (χ1n) is 9.69. The number of aromatic nitrogens is 4. The van der Waals surface area contributed by atoms with E-state index >= 15 is 0 Å². The van der Waals surface area contributed by atoms with Crippen LogP contribution in [0.15, 0.2) is 35.2 Å². The van der Waals surface area contributed by atoms with Crippen molar-refractivity contribution in [2.75, 3.05) is 13.7 Å². The number of pyridine rings is 1. The van der Waals surface area contributed by atoms with Gasteiger partial charge in [-0.05, 0) is 34.1 Å². The molecule has 2 aromatic heterocycles. The number of ether oxygens (including phenoxy) is 2. The van der Waals surface area contributed by atoms with Crippen molar-refractivity contribution in [3.8, 4) is 11.3 Å². The smallest absolute Gasteiger partial charge is 0.194 e. The van der Waals surface area contributed by atoms with Gasteiger partial charge >= 0.3 is 0 Å². The minimum absolute atomic E-state index is 0.0342. The summed E-state index contributed by atoms with van der Waals surface area (Å²) >= 11 is 14.0. The zero-order valence-corrected chi connectivity index (χ0v) is 20.5. The molecule has 1 fully saturated rings. The second kappa shape index (κ2) is 9.72. The Morgan fingerprint density at radius 2 is 1.97 bits per heavy atom. The van der Waals surface area contributed by atoms with Gasteiger partial charge in [0.1, 0.15) is 39.6 Å². The summed E-state index contributed by atoms with van der Waals surface area (Å²) < 4.78 is 53.9. The van der Waals surface area contributed by atoms with E-state index in [4.69, 9.17) is 21.1 Å². The van der Waals surface area contributed by atoms with E-state index in [1.54, 1.807) is 0 Å². The Bertz CT molecular complexity index is 1200. The van der Waals surface area contributed by atoms with E-state index in [0.29, 0.717) is 0 Å². The highest BCUT2D eigenvalue weighted by Crippen LogP contribution is 2.46. The second-order valence-electron chi connectivity index (χ2n) is 7.47. The fourth-order valence-corrected chi connectivity index (χ4v) is 5.32. The van der Waals surface area contributed by atoms with E-state index in [1.165, 1.54) is 30.3 Å². The van der Waals surface area contributed by atoms with Crippen LogP contribution in [-0.2, 0) is 15.0 Å². The maximum atomic E-state index is 13.8. The van der Waals surface area contributed by atoms with Gasteiger partial charge in [-0.3, -0.25) is 0 Å². The van der Waals surface area contributed by atoms with E-state index in [2.05, 4.69) is 43.9 Å². The summed E-state index contributed by atoms with van der Waals surface area (Å²) in [7, 11) is 1.35. The predicted molar refractivity (Wildman–Crippen MR) is 121 cm³/mol. The van der Waals surface area contributed by atoms with Crippen LogP contribution in [0.4, 0.5) is 13.2 Å². The van der Waals surface area contributed by atoms with E-state index in [9.17, 15) is 23.4 Å². The number of nitrogens with zero attached hydrogens (tertiary/aromatic N) is 4. The molecule has 14 heteroatoms. The standard InChI is InChI=1S/C20H17BrClF3N4O4S/c1-32-17-19(34)33-14(7-30)16(31)20(17,10-4-9(22)5-26-18(10)21)29-6-13(27-28-29)8-2-11(23)15(25)12(24)3-8/h2-6,14,16-17,19,30-31,34H,7H2,1H3/t14-,16+,17+,19-,20?/m1/s1. The van der Waals surface area contributed by atoms with E-state index < -0.39 is 53.3 Å². The summed E-state index contributed by atoms with van der Waals surface area (Å²) in [5, 5.41) is 29.6. The molecule has 34 heavy (non-hydrogen) atoms. The average Bonchev–Trinajstić information content (AvgIpc) is 3.30. The zero-order valence-electron chi connectivity index (χ0n) is 17.2. The molecule has 2 N–H and O–H groups in total. The Kier molecular flexibility index (Phi) is 7.25. The van der Waals surface area contributed by atoms with Crippen LogP contribution >= 0.6 is 40.2 Å². The number of rotatable bonds is 5. The van der Waals surface area contributed by atoms with Crippen LogP contribution in [0.2, 0.25) is 5.02 Å². The summed E-state index contributed by atoms with van der Waals surface area (Å²) in [5.41, 5.74) is -2.52. The molecule has 1 aromatic carbocycles. The lowest BCUT2D eigenvalue weighted by atomic mass is 9.76. The molecule has 0 aliphatic carbocycles. The van der Waals surface area contributed by atoms with Gasteiger partial charge in [0.25, 0.3) is 0 Å². The van der Waals surface area contributed by atoms with Crippen molar-refractivity contribution in [3.63, 3.8) is 0 Å². The average molecular weight is 582 g/mol. The molecule has 4 rings (SSSR count). The molecular formula is C20H17BrClF3N4O4S. The lowest BCUT2D eigenvalue weighted by Crippen LogP contribution is -2.67. The minimum Gasteiger partial charge on any atom is -0.394 e. The predicted octanol–water partition coefficient (Wildman–Crippen LogP) is 2.94. The van der Waals surface area contributed by atoms with Crippen LogP contribution in [0.25, 0.3) is 11.3 Å². The van der Waals surface area contributed by atoms with Gasteiger partial charge in [-0.25, -0.2) is 22.8 Å². The van der Waals surface area contributed by atoms with Crippen LogP contribution in [-0.4, -0.2) is 67.7 Å². The van der Waals surface area contributed by atoms with Gasteiger partial charge in [0.15, 0.2) is 17.5 Å². The molecule has 1 saturated heterocycles. The molecule has 0 radical (unpaired) electrons. The van der Waals surface area contributed by atoms with Gasteiger partial charge in [-0.15, -0.1) is 17.7 Å². The number of methoxy groups -OCH3 is 1. The first-order chi connectivity index (χ1) is 16.1. The number of aliphatic hydroxyl groups is 2. The topological polar surface area (TPSA) is 103 Å². The third kappa shape index (κ3) is 4.02. The normalized spacial score (nSPS) is 27.2. The molecular weight excluding hydrogens is 565 g/mol. The first-order valence-corrected chi connectivity index (χ1v) is 11.4. The van der Waals surface area contributed by atoms with Crippen molar-refractivity contribution < 1.29 is 32.9 Å². The van der Waals surface area contributed by atoms with Gasteiger partial charge in [0.05, 0.1) is 17.8 Å². The minimum atomic E-state index is -1.69. The van der Waals surface area contributed by atoms with Crippen molar-refractivity contribution >= 4 is 40.2 Å². The number of benzene rings is 1. The van der Waals surface area contributed by atoms with Gasteiger partial charge in [0, 0.05) is 24.4 Å². The number of halogens is 5. The molecule has 0 bridgehead atoms. The molecule has 1 aliphatic heterocycles. The fraction of sp³-hybridized carbons (Fsp3) is 0.350. The third-order valence-electron chi connectivity index (χ3n) is 5.63. The molecule has 1 unspecified atom stereocenters. The largest absolute Gasteiger partial charge is 0.394 e. The van der Waals surface area contributed by atoms with Crippen LogP contribution in [0.1, 0.15) is 5.56 Å². The van der Waals surface area contributed by atoms with Crippen LogP contribution < -0.4 is 0 Å². The van der Waals surface area contributed by atoms with Crippen LogP contribution in [0, 0.1) is 17.5 Å². The molecule has 0 spiro atoms. The SMILES string of the molecule is CO[C@H]1[C@@H](S)O[C@H](CO)[C@H](O)C1(c1cc(Cl)cnc1Br)n1cc(-c2cc(F)c(F)c(F)c2)nn1. The number of aliphatic hydroxyl groups excluding tert-OH is 2. The van der Waals surface area contributed by atoms with Gasteiger partial charge < -0.3 is 19.7 Å². The van der Waals surface area contributed by atoms with E-state index in [-0.39, 0.29) is 26.4 Å². The summed E-state index contributed by atoms with van der Waals surface area (Å²) in [4.78, 5) is 4.19. The second-order valence-corrected chi connectivity index (χ2v) is 9.16. The van der Waals surface area contributed by atoms with Gasteiger partial charge in [0.2, 0.25) is 0 Å². The summed E-state index contributed by atoms with van der Waals surface area (Å²) in [6, 6.07) is 3.04. The summed E-state index contributed by atoms with van der Waals surface area (Å²) in [5.74, 6) is -4.43. The Balaban J connectivity index is 1.99. The third-order valence-corrected chi connectivity index (χ3v) is 6.86. The van der Waals surface area contributed by atoms with Gasteiger partial charge in [-0.2, -0.15) is 0 Å². The number of hydrogen-bond acceptors (Lipinski definition) is 8.